The molecule has 1 fully saturated rings. The van der Waals surface area contributed by atoms with E-state index in [9.17, 15) is 9.90 Å². The van der Waals surface area contributed by atoms with Crippen LogP contribution in [0.1, 0.15) is 55.6 Å². The molecule has 4 N–H and O–H groups in total. The molecule has 240 valence electrons. The fourth-order valence-electron chi connectivity index (χ4n) is 5.34. The van der Waals surface area contributed by atoms with Gasteiger partial charge in [-0.3, -0.25) is 4.79 Å². The van der Waals surface area contributed by atoms with Gasteiger partial charge in [-0.25, -0.2) is 9.78 Å². The number of aliphatic hydroxyl groups excluding tert-OH is 1. The Balaban J connectivity index is 0.00000127. The number of carbonyl (C=O) groups excluding carboxylic acids is 1. The molecule has 1 aromatic heterocycles. The lowest BCUT2D eigenvalue weighted by atomic mass is 9.92. The third-order valence-electron chi connectivity index (χ3n) is 7.20. The van der Waals surface area contributed by atoms with Gasteiger partial charge in [-0.2, -0.15) is 0 Å². The van der Waals surface area contributed by atoms with Gasteiger partial charge in [0.25, 0.3) is 5.91 Å². The van der Waals surface area contributed by atoms with Crippen molar-refractivity contribution in [1.82, 2.24) is 15.2 Å². The quantitative estimate of drug-likeness (QED) is 0.187. The normalized spacial score (nSPS) is 16.6. The molecular weight excluding hydrogens is 605 g/mol. The number of ether oxygens (including phenoxy) is 1. The van der Waals surface area contributed by atoms with Crippen LogP contribution in [0.4, 0.5) is 4.79 Å². The van der Waals surface area contributed by atoms with E-state index in [2.05, 4.69) is 36.2 Å². The van der Waals surface area contributed by atoms with Gasteiger partial charge in [0.1, 0.15) is 11.4 Å². The second kappa shape index (κ2) is 17.8. The highest BCUT2D eigenvalue weighted by Gasteiger charge is 2.24. The lowest BCUT2D eigenvalue weighted by molar-refractivity contribution is 0.0845. The number of carboxylic acid groups (broad SMARTS) is 2. The van der Waals surface area contributed by atoms with Gasteiger partial charge in [-0.15, -0.1) is 12.4 Å². The van der Waals surface area contributed by atoms with Gasteiger partial charge in [0.05, 0.1) is 23.4 Å². The minimum atomic E-state index is -1.83. The summed E-state index contributed by atoms with van der Waals surface area (Å²) >= 11 is 6.54. The number of amides is 1. The highest BCUT2D eigenvalue weighted by Crippen LogP contribution is 2.37. The second-order valence-corrected chi connectivity index (χ2v) is 11.6. The van der Waals surface area contributed by atoms with E-state index in [4.69, 9.17) is 36.3 Å². The fourth-order valence-corrected chi connectivity index (χ4v) is 5.51. The Morgan fingerprint density at radius 1 is 1.09 bits per heavy atom. The maximum absolute atomic E-state index is 13.3. The molecule has 1 amide bonds. The molecule has 0 saturated heterocycles. The molecule has 11 heteroatoms. The van der Waals surface area contributed by atoms with Crippen molar-refractivity contribution in [3.8, 4) is 28.1 Å². The van der Waals surface area contributed by atoms with Crippen molar-refractivity contribution in [3.05, 3.63) is 70.9 Å². The molecule has 44 heavy (non-hydrogen) atoms. The molecule has 1 aliphatic carbocycles. The van der Waals surface area contributed by atoms with E-state index in [1.807, 2.05) is 50.5 Å². The highest BCUT2D eigenvalue weighted by molar-refractivity contribution is 6.32. The number of carbonyl (C=O) groups is 2. The van der Waals surface area contributed by atoms with E-state index >= 15 is 0 Å². The van der Waals surface area contributed by atoms with Crippen LogP contribution in [0, 0.1) is 5.92 Å². The molecule has 3 unspecified atom stereocenters. The van der Waals surface area contributed by atoms with Crippen LogP contribution in [0.3, 0.4) is 0 Å². The molecule has 0 radical (unpaired) electrons. The average Bonchev–Trinajstić information content (AvgIpc) is 2.96. The number of hydrogen-bond donors (Lipinski definition) is 4. The van der Waals surface area contributed by atoms with E-state index in [0.717, 1.165) is 48.9 Å². The van der Waals surface area contributed by atoms with Gasteiger partial charge in [-0.05, 0) is 81.6 Å². The van der Waals surface area contributed by atoms with Crippen molar-refractivity contribution < 1.29 is 29.6 Å². The molecule has 0 bridgehead atoms. The van der Waals surface area contributed by atoms with Crippen LogP contribution in [-0.4, -0.2) is 76.7 Å². The van der Waals surface area contributed by atoms with E-state index in [1.54, 1.807) is 6.07 Å². The van der Waals surface area contributed by atoms with Crippen molar-refractivity contribution in [2.45, 2.75) is 58.1 Å². The van der Waals surface area contributed by atoms with Crippen LogP contribution in [-0.2, 0) is 6.42 Å². The summed E-state index contributed by atoms with van der Waals surface area (Å²) in [6, 6.07) is 17.7. The molecule has 1 aliphatic rings. The molecule has 9 nitrogen and oxygen atoms in total. The molecule has 0 spiro atoms. The van der Waals surface area contributed by atoms with Gasteiger partial charge in [0.15, 0.2) is 0 Å². The zero-order chi connectivity index (χ0) is 31.5. The second-order valence-electron chi connectivity index (χ2n) is 11.2. The van der Waals surface area contributed by atoms with Crippen LogP contribution < -0.4 is 10.1 Å². The number of nitrogens with zero attached hydrogens (tertiary/aromatic N) is 2. The lowest BCUT2D eigenvalue weighted by Gasteiger charge is -2.26. The summed E-state index contributed by atoms with van der Waals surface area (Å²) in [5, 5.41) is 27.6. The topological polar surface area (TPSA) is 132 Å². The monoisotopic (exact) mass is 647 g/mol. The van der Waals surface area contributed by atoms with Crippen molar-refractivity contribution >= 4 is 36.1 Å². The Bertz CT molecular complexity index is 1380. The summed E-state index contributed by atoms with van der Waals surface area (Å²) in [5.74, 6) is 0.700. The number of rotatable bonds is 10. The summed E-state index contributed by atoms with van der Waals surface area (Å²) < 4.78 is 6.15. The first kappa shape index (κ1) is 36.8. The Morgan fingerprint density at radius 3 is 2.45 bits per heavy atom. The Hall–Kier alpha value is -3.37. The van der Waals surface area contributed by atoms with Crippen molar-refractivity contribution in [1.29, 1.82) is 0 Å². The minimum Gasteiger partial charge on any atom is -0.492 e. The van der Waals surface area contributed by atoms with Gasteiger partial charge in [0.2, 0.25) is 0 Å². The number of benzene rings is 2. The molecular formula is C33H43Cl2N3O6. The molecule has 3 aromatic rings. The number of nitrogens with one attached hydrogen (secondary N) is 1. The number of aryl methyl sites for hydroxylation is 1. The third-order valence-corrected chi connectivity index (χ3v) is 7.52. The molecule has 1 heterocycles. The Labute approximate surface area is 270 Å². The maximum atomic E-state index is 13.3. The minimum absolute atomic E-state index is 0. The number of pyridine rings is 1. The highest BCUT2D eigenvalue weighted by atomic mass is 35.5. The summed E-state index contributed by atoms with van der Waals surface area (Å²) in [7, 11) is 4.09. The number of hydrogen-bond acceptors (Lipinski definition) is 6. The van der Waals surface area contributed by atoms with Crippen molar-refractivity contribution in [2.24, 2.45) is 5.92 Å². The predicted molar refractivity (Wildman–Crippen MR) is 176 cm³/mol. The number of aromatic nitrogens is 1. The van der Waals surface area contributed by atoms with E-state index in [-0.39, 0.29) is 30.5 Å². The predicted octanol–water partition coefficient (Wildman–Crippen LogP) is 6.89. The summed E-state index contributed by atoms with van der Waals surface area (Å²) in [6.45, 7) is 5.73. The number of aliphatic hydroxyl groups is 1. The van der Waals surface area contributed by atoms with E-state index in [0.29, 0.717) is 41.1 Å². The van der Waals surface area contributed by atoms with Crippen LogP contribution in [0.5, 0.6) is 5.75 Å². The third kappa shape index (κ3) is 11.0. The fraction of sp³-hybridized carbons (Fsp3) is 0.424. The largest absolute Gasteiger partial charge is 0.503 e. The zero-order valence-electron chi connectivity index (χ0n) is 25.6. The molecule has 3 atom stereocenters. The molecule has 4 rings (SSSR count). The first-order valence-electron chi connectivity index (χ1n) is 14.6. The smallest absolute Gasteiger partial charge is 0.492 e. The van der Waals surface area contributed by atoms with Crippen LogP contribution in [0.2, 0.25) is 5.02 Å². The van der Waals surface area contributed by atoms with Crippen molar-refractivity contribution in [2.75, 3.05) is 27.2 Å². The van der Waals surface area contributed by atoms with Gasteiger partial charge in [-0.1, -0.05) is 55.8 Å². The SMILES string of the molecule is CCc1ccccc1-c1ccc(C(=O)NC2CCCC(O)C2)nc1-c1ccc(Cl)c(OCC(C)CN(C)C)c1.Cl.O=C(O)O. The van der Waals surface area contributed by atoms with E-state index < -0.39 is 6.16 Å². The summed E-state index contributed by atoms with van der Waals surface area (Å²) in [4.78, 5) is 28.9. The summed E-state index contributed by atoms with van der Waals surface area (Å²) in [5.41, 5.74) is 5.12. The standard InChI is InChI=1S/C32H40ClN3O3.CH2O3.ClH/c1-5-22-9-6-7-12-26(22)27-14-16-29(32(38)34-24-10-8-11-25(37)18-24)35-31(27)23-13-15-28(33)30(17-23)39-20-21(2)19-36(3)4;2-1(3)4;/h6-7,9,12-17,21,24-25,37H,5,8,10-11,18-20H2,1-4H3,(H,34,38);(H2,2,3,4);1H. The van der Waals surface area contributed by atoms with Gasteiger partial charge in [0, 0.05) is 29.6 Å². The summed E-state index contributed by atoms with van der Waals surface area (Å²) in [6.07, 6.45) is 1.80. The van der Waals surface area contributed by atoms with Gasteiger partial charge < -0.3 is 30.3 Å². The Morgan fingerprint density at radius 2 is 1.80 bits per heavy atom. The maximum Gasteiger partial charge on any atom is 0.503 e. The first-order valence-corrected chi connectivity index (χ1v) is 14.9. The molecule has 2 aromatic carbocycles. The zero-order valence-corrected chi connectivity index (χ0v) is 27.2. The van der Waals surface area contributed by atoms with Crippen molar-refractivity contribution in [3.63, 3.8) is 0 Å². The van der Waals surface area contributed by atoms with Crippen LogP contribution in [0.25, 0.3) is 22.4 Å². The lowest BCUT2D eigenvalue weighted by Crippen LogP contribution is -2.40. The van der Waals surface area contributed by atoms with Gasteiger partial charge >= 0.3 is 6.16 Å². The Kier molecular flexibility index (Phi) is 14.9. The number of halogens is 2. The molecule has 1 saturated carbocycles. The van der Waals surface area contributed by atoms with Crippen LogP contribution >= 0.6 is 24.0 Å². The first-order chi connectivity index (χ1) is 20.5. The van der Waals surface area contributed by atoms with E-state index in [1.165, 1.54) is 5.56 Å². The molecule has 0 aliphatic heterocycles. The van der Waals surface area contributed by atoms with Crippen LogP contribution in [0.15, 0.2) is 54.6 Å². The average molecular weight is 649 g/mol.